The van der Waals surface area contributed by atoms with Gasteiger partial charge in [-0.3, -0.25) is 20.1 Å². The number of hydrogen-bond acceptors (Lipinski definition) is 4. The first-order valence-electron chi connectivity index (χ1n) is 4.49. The Morgan fingerprint density at radius 3 is 1.42 bits per heavy atom. The second-order valence-electron chi connectivity index (χ2n) is 3.38. The van der Waals surface area contributed by atoms with E-state index in [4.69, 9.17) is 10.5 Å². The van der Waals surface area contributed by atoms with E-state index in [-0.39, 0.29) is 18.2 Å². The molecule has 0 saturated carbocycles. The highest BCUT2D eigenvalue weighted by atomic mass is 19.4. The van der Waals surface area contributed by atoms with Crippen LogP contribution in [0, 0.1) is 0 Å². The van der Waals surface area contributed by atoms with Crippen LogP contribution in [0.25, 0.3) is 0 Å². The van der Waals surface area contributed by atoms with Crippen LogP contribution in [0.5, 0.6) is 0 Å². The fourth-order valence-electron chi connectivity index (χ4n) is 1.26. The van der Waals surface area contributed by atoms with Gasteiger partial charge in [-0.2, -0.15) is 26.3 Å². The van der Waals surface area contributed by atoms with Gasteiger partial charge in [0, 0.05) is 0 Å². The van der Waals surface area contributed by atoms with Gasteiger partial charge in [-0.15, -0.1) is 0 Å². The summed E-state index contributed by atoms with van der Waals surface area (Å²) in [6.07, 6.45) is -10.1. The summed E-state index contributed by atoms with van der Waals surface area (Å²) < 4.78 is 74.6. The van der Waals surface area contributed by atoms with Gasteiger partial charge in [0.05, 0.1) is 11.1 Å². The van der Waals surface area contributed by atoms with Crippen molar-refractivity contribution in [1.29, 1.82) is 0 Å². The first kappa shape index (κ1) is 15.8. The van der Waals surface area contributed by atoms with Crippen LogP contribution in [-0.4, -0.2) is 17.6 Å². The second kappa shape index (κ2) is 5.37. The molecular weight excluding hydrogens is 285 g/mol. The molecule has 0 aliphatic carbocycles. The zero-order valence-corrected chi connectivity index (χ0v) is 8.79. The number of alkyl halides is 6. The first-order valence-corrected chi connectivity index (χ1v) is 4.49. The van der Waals surface area contributed by atoms with Crippen molar-refractivity contribution in [2.45, 2.75) is 12.4 Å². The Bertz CT molecular complexity index is 410. The Kier molecular flexibility index (Phi) is 4.45. The van der Waals surface area contributed by atoms with Gasteiger partial charge in [0.15, 0.2) is 0 Å². The normalized spacial score (nSPS) is 12.6. The predicted octanol–water partition coefficient (Wildman–Crippen LogP) is 2.40. The molecule has 0 bridgehead atoms. The third-order valence-electron chi connectivity index (χ3n) is 2.07. The monoisotopic (exact) mass is 290 g/mol. The van der Waals surface area contributed by atoms with Crippen LogP contribution in [0.15, 0.2) is 18.2 Å². The molecule has 1 aromatic rings. The van der Waals surface area contributed by atoms with E-state index in [0.717, 1.165) is 0 Å². The lowest BCUT2D eigenvalue weighted by molar-refractivity contribution is -0.221. The van der Waals surface area contributed by atoms with E-state index < -0.39 is 36.1 Å². The molecule has 106 valence electrons. The van der Waals surface area contributed by atoms with Crippen molar-refractivity contribution in [3.05, 3.63) is 29.3 Å². The summed E-state index contributed by atoms with van der Waals surface area (Å²) in [5.41, 5.74) is -4.11. The predicted molar refractivity (Wildman–Crippen MR) is 49.3 cm³/mol. The van der Waals surface area contributed by atoms with E-state index >= 15 is 0 Å². The van der Waals surface area contributed by atoms with Gasteiger partial charge in [0.1, 0.15) is 0 Å². The average molecular weight is 290 g/mol. The third kappa shape index (κ3) is 3.83. The third-order valence-corrected chi connectivity index (χ3v) is 2.07. The van der Waals surface area contributed by atoms with Crippen molar-refractivity contribution in [3.63, 3.8) is 0 Å². The Labute approximate surface area is 102 Å². The van der Waals surface area contributed by atoms with Crippen LogP contribution in [-0.2, 0) is 22.0 Å². The summed E-state index contributed by atoms with van der Waals surface area (Å²) in [5.74, 6) is 0. The van der Waals surface area contributed by atoms with Crippen LogP contribution < -0.4 is 5.46 Å². The topological polar surface area (TPSA) is 58.9 Å². The van der Waals surface area contributed by atoms with Crippen molar-refractivity contribution >= 4 is 12.6 Å². The van der Waals surface area contributed by atoms with Gasteiger partial charge in [0.25, 0.3) is 0 Å². The highest BCUT2D eigenvalue weighted by Gasteiger charge is 2.38. The Morgan fingerprint density at radius 1 is 0.789 bits per heavy atom. The number of benzene rings is 1. The number of halogens is 6. The summed E-state index contributed by atoms with van der Waals surface area (Å²) in [6.45, 7) is 0. The molecule has 4 nitrogen and oxygen atoms in total. The average Bonchev–Trinajstić information content (AvgIpc) is 2.28. The van der Waals surface area contributed by atoms with Crippen molar-refractivity contribution < 1.29 is 46.5 Å². The summed E-state index contributed by atoms with van der Waals surface area (Å²) >= 11 is 0. The first-order chi connectivity index (χ1) is 8.59. The van der Waals surface area contributed by atoms with Gasteiger partial charge in [-0.1, -0.05) is 12.1 Å². The minimum Gasteiger partial charge on any atom is -0.264 e. The molecule has 0 aromatic heterocycles. The lowest BCUT2D eigenvalue weighted by Crippen LogP contribution is -2.36. The Balaban J connectivity index is 3.41. The highest BCUT2D eigenvalue weighted by Crippen LogP contribution is 2.34. The zero-order valence-electron chi connectivity index (χ0n) is 8.79. The highest BCUT2D eigenvalue weighted by molar-refractivity contribution is 6.60. The van der Waals surface area contributed by atoms with E-state index in [1.807, 2.05) is 0 Å². The van der Waals surface area contributed by atoms with Crippen LogP contribution in [0.1, 0.15) is 11.1 Å². The van der Waals surface area contributed by atoms with Gasteiger partial charge in [-0.05, 0) is 11.5 Å². The molecule has 19 heavy (non-hydrogen) atoms. The molecule has 0 spiro atoms. The lowest BCUT2D eigenvalue weighted by Gasteiger charge is -2.14. The van der Waals surface area contributed by atoms with Gasteiger partial charge in [-0.25, -0.2) is 0 Å². The number of hydrogen-bond donors (Lipinski definition) is 2. The SMILES string of the molecule is OOB(OO)c1cc(C(F)(F)F)cc(C(F)(F)F)c1. The minimum absolute atomic E-state index is 0.116. The van der Waals surface area contributed by atoms with Crippen LogP contribution in [0.2, 0.25) is 0 Å². The molecule has 2 N–H and O–H groups in total. The Morgan fingerprint density at radius 2 is 1.16 bits per heavy atom. The molecule has 0 unspecified atom stereocenters. The summed E-state index contributed by atoms with van der Waals surface area (Å²) in [7, 11) is -2.19. The molecular formula is C8H5BF6O4. The van der Waals surface area contributed by atoms with Crippen molar-refractivity contribution in [2.75, 3.05) is 0 Å². The molecule has 0 heterocycles. The molecule has 0 saturated heterocycles. The van der Waals surface area contributed by atoms with Crippen molar-refractivity contribution in [1.82, 2.24) is 0 Å². The van der Waals surface area contributed by atoms with E-state index in [0.29, 0.717) is 0 Å². The Hall–Kier alpha value is -1.30. The molecule has 0 aliphatic rings. The van der Waals surface area contributed by atoms with Crippen molar-refractivity contribution in [2.24, 2.45) is 0 Å². The summed E-state index contributed by atoms with van der Waals surface area (Å²) in [5, 5.41) is 16.4. The summed E-state index contributed by atoms with van der Waals surface area (Å²) in [6, 6.07) is 0.369. The minimum atomic E-state index is -5.05. The molecule has 0 fully saturated rings. The van der Waals surface area contributed by atoms with Gasteiger partial charge < -0.3 is 0 Å². The smallest absolute Gasteiger partial charge is 0.264 e. The number of rotatable bonds is 3. The molecule has 0 amide bonds. The summed E-state index contributed by atoms with van der Waals surface area (Å²) in [4.78, 5) is 6.83. The molecule has 1 rings (SSSR count). The van der Waals surface area contributed by atoms with E-state index in [1.165, 1.54) is 0 Å². The maximum Gasteiger partial charge on any atom is 0.554 e. The molecule has 0 radical (unpaired) electrons. The van der Waals surface area contributed by atoms with Crippen LogP contribution in [0.4, 0.5) is 26.3 Å². The second-order valence-corrected chi connectivity index (χ2v) is 3.38. The molecule has 11 heteroatoms. The fourth-order valence-corrected chi connectivity index (χ4v) is 1.26. The quantitative estimate of drug-likeness (QED) is 0.388. The molecule has 0 aliphatic heterocycles. The zero-order chi connectivity index (χ0) is 14.8. The van der Waals surface area contributed by atoms with Crippen molar-refractivity contribution in [3.8, 4) is 0 Å². The standard InChI is InChI=1S/C8H5BF6O4/c10-7(11,12)4-1-5(8(13,14)15)3-6(2-4)9(18-16)19-17/h1-3,16-17H. The largest absolute Gasteiger partial charge is 0.554 e. The maximum atomic E-state index is 12.4. The van der Waals surface area contributed by atoms with E-state index in [9.17, 15) is 26.3 Å². The van der Waals surface area contributed by atoms with E-state index in [1.54, 1.807) is 0 Å². The maximum absolute atomic E-state index is 12.4. The van der Waals surface area contributed by atoms with Gasteiger partial charge in [0.2, 0.25) is 0 Å². The van der Waals surface area contributed by atoms with Gasteiger partial charge >= 0.3 is 19.5 Å². The fraction of sp³-hybridized carbons (Fsp3) is 0.250. The molecule has 1 aromatic carbocycles. The van der Waals surface area contributed by atoms with E-state index in [2.05, 4.69) is 9.61 Å². The lowest BCUT2D eigenvalue weighted by atomic mass is 9.78. The van der Waals surface area contributed by atoms with Crippen LogP contribution in [0.3, 0.4) is 0 Å². The molecule has 0 atom stereocenters. The van der Waals surface area contributed by atoms with Crippen LogP contribution >= 0.6 is 0 Å².